The monoisotopic (exact) mass is 281 g/mol. The van der Waals surface area contributed by atoms with E-state index in [9.17, 15) is 0 Å². The van der Waals surface area contributed by atoms with Gasteiger partial charge in [0.25, 0.3) is 5.89 Å². The number of rotatable bonds is 2. The molecule has 2 aromatic heterocycles. The van der Waals surface area contributed by atoms with E-state index in [1.807, 2.05) is 24.3 Å². The van der Waals surface area contributed by atoms with Gasteiger partial charge in [-0.15, -0.1) is 0 Å². The van der Waals surface area contributed by atoms with Crippen molar-refractivity contribution in [2.75, 3.05) is 11.9 Å². The van der Waals surface area contributed by atoms with Gasteiger partial charge in [0.2, 0.25) is 5.82 Å². The fourth-order valence-electron chi connectivity index (χ4n) is 2.14. The van der Waals surface area contributed by atoms with Crippen LogP contribution in [0, 0.1) is 0 Å². The van der Waals surface area contributed by atoms with Crippen LogP contribution in [0.2, 0.25) is 0 Å². The van der Waals surface area contributed by atoms with Gasteiger partial charge in [-0.3, -0.25) is 0 Å². The lowest BCUT2D eigenvalue weighted by Crippen LogP contribution is -2.23. The number of hydrogen-bond donors (Lipinski definition) is 1. The highest BCUT2D eigenvalue weighted by atomic mass is 16.5. The molecule has 0 saturated heterocycles. The Morgan fingerprint density at radius 3 is 3.05 bits per heavy atom. The molecule has 1 unspecified atom stereocenters. The van der Waals surface area contributed by atoms with Crippen LogP contribution in [0.1, 0.15) is 12.0 Å². The van der Waals surface area contributed by atoms with E-state index < -0.39 is 0 Å². The van der Waals surface area contributed by atoms with Crippen LogP contribution in [0.15, 0.2) is 47.4 Å². The molecule has 7 heteroatoms. The van der Waals surface area contributed by atoms with Crippen molar-refractivity contribution >= 4 is 5.69 Å². The first-order chi connectivity index (χ1) is 10.4. The molecule has 0 amide bonds. The van der Waals surface area contributed by atoms with Crippen molar-refractivity contribution < 1.29 is 9.26 Å². The minimum Gasteiger partial charge on any atom is -0.477 e. The van der Waals surface area contributed by atoms with Gasteiger partial charge in [0, 0.05) is 6.20 Å². The Morgan fingerprint density at radius 1 is 1.19 bits per heavy atom. The van der Waals surface area contributed by atoms with Gasteiger partial charge in [-0.05, 0) is 18.2 Å². The first-order valence-electron chi connectivity index (χ1n) is 6.50. The number of para-hydroxylation sites is 2. The molecular formula is C14H11N5O2. The lowest BCUT2D eigenvalue weighted by atomic mass is 10.2. The second-order valence-electron chi connectivity index (χ2n) is 4.53. The Kier molecular flexibility index (Phi) is 2.74. The fraction of sp³-hybridized carbons (Fsp3) is 0.143. The summed E-state index contributed by atoms with van der Waals surface area (Å²) >= 11 is 0. The van der Waals surface area contributed by atoms with E-state index in [-0.39, 0.29) is 6.10 Å². The average molecular weight is 281 g/mol. The maximum absolute atomic E-state index is 5.88. The molecule has 3 aromatic rings. The molecule has 7 nitrogen and oxygen atoms in total. The van der Waals surface area contributed by atoms with Gasteiger partial charge in [-0.25, -0.2) is 9.97 Å². The normalized spacial score (nSPS) is 16.7. The molecule has 104 valence electrons. The van der Waals surface area contributed by atoms with Crippen LogP contribution in [0.3, 0.4) is 0 Å². The zero-order valence-electron chi connectivity index (χ0n) is 10.9. The van der Waals surface area contributed by atoms with E-state index in [1.54, 1.807) is 12.3 Å². The lowest BCUT2D eigenvalue weighted by molar-refractivity contribution is 0.163. The van der Waals surface area contributed by atoms with Crippen molar-refractivity contribution in [3.8, 4) is 17.3 Å². The van der Waals surface area contributed by atoms with Crippen molar-refractivity contribution in [3.63, 3.8) is 0 Å². The SMILES string of the molecule is c1ccc2c(c1)NCC(c1nc(-c3ccncn3)no1)O2. The van der Waals surface area contributed by atoms with Gasteiger partial charge < -0.3 is 14.6 Å². The molecule has 1 aromatic carbocycles. The van der Waals surface area contributed by atoms with E-state index >= 15 is 0 Å². The van der Waals surface area contributed by atoms with Crippen LogP contribution in [0.25, 0.3) is 11.5 Å². The molecule has 0 bridgehead atoms. The number of ether oxygens (including phenoxy) is 1. The Labute approximate surface area is 120 Å². The molecule has 1 aliphatic heterocycles. The Hall–Kier alpha value is -2.96. The van der Waals surface area contributed by atoms with E-state index in [0.717, 1.165) is 11.4 Å². The minimum absolute atomic E-state index is 0.317. The maximum atomic E-state index is 5.88. The summed E-state index contributed by atoms with van der Waals surface area (Å²) in [6, 6.07) is 9.46. The maximum Gasteiger partial charge on any atom is 0.269 e. The zero-order valence-corrected chi connectivity index (χ0v) is 10.9. The largest absolute Gasteiger partial charge is 0.477 e. The lowest BCUT2D eigenvalue weighted by Gasteiger charge is -2.24. The van der Waals surface area contributed by atoms with Crippen molar-refractivity contribution in [1.29, 1.82) is 0 Å². The first kappa shape index (κ1) is 11.8. The molecule has 3 heterocycles. The summed E-state index contributed by atoms with van der Waals surface area (Å²) < 4.78 is 11.2. The Morgan fingerprint density at radius 2 is 2.14 bits per heavy atom. The minimum atomic E-state index is -0.317. The summed E-state index contributed by atoms with van der Waals surface area (Å²) in [4.78, 5) is 12.3. The second kappa shape index (κ2) is 4.86. The molecule has 1 N–H and O–H groups in total. The predicted molar refractivity (Wildman–Crippen MR) is 73.6 cm³/mol. The van der Waals surface area contributed by atoms with Crippen LogP contribution in [0.4, 0.5) is 5.69 Å². The molecule has 21 heavy (non-hydrogen) atoms. The van der Waals surface area contributed by atoms with Crippen LogP contribution >= 0.6 is 0 Å². The number of nitrogens with zero attached hydrogens (tertiary/aromatic N) is 4. The van der Waals surface area contributed by atoms with E-state index in [4.69, 9.17) is 9.26 Å². The molecule has 0 saturated carbocycles. The predicted octanol–water partition coefficient (Wildman–Crippen LogP) is 2.07. The van der Waals surface area contributed by atoms with Crippen LogP contribution in [-0.4, -0.2) is 26.7 Å². The number of nitrogens with one attached hydrogen (secondary N) is 1. The highest BCUT2D eigenvalue weighted by Crippen LogP contribution is 2.33. The smallest absolute Gasteiger partial charge is 0.269 e. The van der Waals surface area contributed by atoms with Crippen LogP contribution in [-0.2, 0) is 0 Å². The van der Waals surface area contributed by atoms with Gasteiger partial charge >= 0.3 is 0 Å². The molecule has 0 aliphatic carbocycles. The van der Waals surface area contributed by atoms with Crippen LogP contribution in [0.5, 0.6) is 5.75 Å². The number of fused-ring (bicyclic) bond motifs is 1. The summed E-state index contributed by atoms with van der Waals surface area (Å²) in [7, 11) is 0. The number of aromatic nitrogens is 4. The highest BCUT2D eigenvalue weighted by molar-refractivity contribution is 5.58. The summed E-state index contributed by atoms with van der Waals surface area (Å²) in [6.45, 7) is 0.572. The van der Waals surface area contributed by atoms with Gasteiger partial charge in [0.1, 0.15) is 17.8 Å². The first-order valence-corrected chi connectivity index (χ1v) is 6.50. The summed E-state index contributed by atoms with van der Waals surface area (Å²) in [5.41, 5.74) is 1.58. The summed E-state index contributed by atoms with van der Waals surface area (Å²) in [6.07, 6.45) is 2.76. The highest BCUT2D eigenvalue weighted by Gasteiger charge is 2.26. The molecule has 1 aliphatic rings. The van der Waals surface area contributed by atoms with Crippen molar-refractivity contribution in [1.82, 2.24) is 20.1 Å². The van der Waals surface area contributed by atoms with Gasteiger partial charge in [0.15, 0.2) is 6.10 Å². The van der Waals surface area contributed by atoms with E-state index in [0.29, 0.717) is 24.0 Å². The molecular weight excluding hydrogens is 270 g/mol. The summed E-state index contributed by atoms with van der Waals surface area (Å²) in [5, 5.41) is 7.22. The molecule has 0 spiro atoms. The van der Waals surface area contributed by atoms with Crippen molar-refractivity contribution in [2.24, 2.45) is 0 Å². The molecule has 1 atom stereocenters. The molecule has 4 rings (SSSR count). The number of benzene rings is 1. The van der Waals surface area contributed by atoms with E-state index in [2.05, 4.69) is 25.4 Å². The topological polar surface area (TPSA) is 86.0 Å². The van der Waals surface area contributed by atoms with Gasteiger partial charge in [-0.1, -0.05) is 17.3 Å². The summed E-state index contributed by atoms with van der Waals surface area (Å²) in [5.74, 6) is 1.62. The number of anilines is 1. The molecule has 0 fully saturated rings. The quantitative estimate of drug-likeness (QED) is 0.769. The van der Waals surface area contributed by atoms with Gasteiger partial charge in [-0.2, -0.15) is 4.98 Å². The number of hydrogen-bond acceptors (Lipinski definition) is 7. The zero-order chi connectivity index (χ0) is 14.1. The second-order valence-corrected chi connectivity index (χ2v) is 4.53. The van der Waals surface area contributed by atoms with Crippen LogP contribution < -0.4 is 10.1 Å². The third kappa shape index (κ3) is 2.18. The Bertz CT molecular complexity index is 759. The third-order valence-corrected chi connectivity index (χ3v) is 3.16. The Balaban J connectivity index is 1.60. The fourth-order valence-corrected chi connectivity index (χ4v) is 2.14. The average Bonchev–Trinajstić information content (AvgIpc) is 3.05. The standard InChI is InChI=1S/C14H11N5O2/c1-2-4-11-9(3-1)16-7-12(20-11)14-18-13(19-21-14)10-5-6-15-8-17-10/h1-6,8,12,16H,7H2. The molecule has 0 radical (unpaired) electrons. The third-order valence-electron chi connectivity index (χ3n) is 3.16. The van der Waals surface area contributed by atoms with Crippen molar-refractivity contribution in [3.05, 3.63) is 48.7 Å². The van der Waals surface area contributed by atoms with Gasteiger partial charge in [0.05, 0.1) is 12.2 Å². The van der Waals surface area contributed by atoms with E-state index in [1.165, 1.54) is 6.33 Å². The van der Waals surface area contributed by atoms with Crippen molar-refractivity contribution in [2.45, 2.75) is 6.10 Å².